The SMILES string of the molecule is C=C(C)C[N+](CC)(CC)CC.[Cl-]. The largest absolute Gasteiger partial charge is 1.00 e. The Labute approximate surface area is 83.5 Å². The maximum Gasteiger partial charge on any atom is 0.0997 e. The predicted molar refractivity (Wildman–Crippen MR) is 51.6 cm³/mol. The summed E-state index contributed by atoms with van der Waals surface area (Å²) in [5.41, 5.74) is 1.30. The number of likely N-dealkylation sites (N-methyl/N-ethyl adjacent to an activating group) is 1. The predicted octanol–water partition coefficient (Wildman–Crippen LogP) is -0.557. The molecule has 74 valence electrons. The molecular formula is C10H22ClN. The first-order valence-electron chi connectivity index (χ1n) is 4.59. The quantitative estimate of drug-likeness (QED) is 0.404. The van der Waals surface area contributed by atoms with Gasteiger partial charge in [-0.05, 0) is 33.3 Å². The molecule has 0 aliphatic carbocycles. The van der Waals surface area contributed by atoms with E-state index in [2.05, 4.69) is 34.3 Å². The molecular weight excluding hydrogens is 170 g/mol. The maximum absolute atomic E-state index is 3.97. The molecule has 0 aromatic rings. The van der Waals surface area contributed by atoms with Crippen molar-refractivity contribution in [3.63, 3.8) is 0 Å². The molecule has 0 aromatic carbocycles. The van der Waals surface area contributed by atoms with Crippen LogP contribution in [-0.4, -0.2) is 30.7 Å². The fraction of sp³-hybridized carbons (Fsp3) is 0.800. The second-order valence-corrected chi connectivity index (χ2v) is 3.41. The van der Waals surface area contributed by atoms with E-state index >= 15 is 0 Å². The highest BCUT2D eigenvalue weighted by Gasteiger charge is 2.19. The highest BCUT2D eigenvalue weighted by atomic mass is 35.5. The van der Waals surface area contributed by atoms with Crippen LogP contribution in [-0.2, 0) is 0 Å². The summed E-state index contributed by atoms with van der Waals surface area (Å²) < 4.78 is 1.19. The normalized spacial score (nSPS) is 10.7. The Balaban J connectivity index is 0. The van der Waals surface area contributed by atoms with Crippen molar-refractivity contribution < 1.29 is 16.9 Å². The Morgan fingerprint density at radius 1 is 1.08 bits per heavy atom. The molecule has 0 rings (SSSR count). The number of nitrogens with zero attached hydrogens (tertiary/aromatic N) is 1. The van der Waals surface area contributed by atoms with Crippen LogP contribution in [0.25, 0.3) is 0 Å². The van der Waals surface area contributed by atoms with Crippen molar-refractivity contribution >= 4 is 0 Å². The Bertz CT molecular complexity index is 120. The molecule has 0 saturated heterocycles. The van der Waals surface area contributed by atoms with E-state index < -0.39 is 0 Å². The zero-order valence-corrected chi connectivity index (χ0v) is 9.62. The van der Waals surface area contributed by atoms with Gasteiger partial charge in [-0.3, -0.25) is 0 Å². The summed E-state index contributed by atoms with van der Waals surface area (Å²) in [7, 11) is 0. The maximum atomic E-state index is 3.97. The van der Waals surface area contributed by atoms with Crippen LogP contribution in [0.2, 0.25) is 0 Å². The second-order valence-electron chi connectivity index (χ2n) is 3.41. The molecule has 2 heteroatoms. The fourth-order valence-electron chi connectivity index (χ4n) is 1.58. The van der Waals surface area contributed by atoms with E-state index in [-0.39, 0.29) is 12.4 Å². The molecule has 0 aromatic heterocycles. The Morgan fingerprint density at radius 2 is 1.42 bits per heavy atom. The molecule has 0 amide bonds. The van der Waals surface area contributed by atoms with Gasteiger partial charge in [0.25, 0.3) is 0 Å². The highest BCUT2D eigenvalue weighted by Crippen LogP contribution is 2.08. The standard InChI is InChI=1S/C10H22N.ClH/c1-6-11(7-2,8-3)9-10(4)5;/h4,6-9H2,1-3,5H3;1H/q+1;/p-1. The molecule has 12 heavy (non-hydrogen) atoms. The van der Waals surface area contributed by atoms with E-state index in [1.807, 2.05) is 0 Å². The number of hydrogen-bond acceptors (Lipinski definition) is 0. The van der Waals surface area contributed by atoms with Crippen molar-refractivity contribution in [3.8, 4) is 0 Å². The Morgan fingerprint density at radius 3 is 1.50 bits per heavy atom. The van der Waals surface area contributed by atoms with E-state index in [1.165, 1.54) is 29.7 Å². The number of quaternary nitrogens is 1. The van der Waals surface area contributed by atoms with Gasteiger partial charge in [-0.15, -0.1) is 0 Å². The monoisotopic (exact) mass is 191 g/mol. The third-order valence-electron chi connectivity index (χ3n) is 2.62. The van der Waals surface area contributed by atoms with Crippen LogP contribution in [0.15, 0.2) is 12.2 Å². The van der Waals surface area contributed by atoms with E-state index in [0.717, 1.165) is 6.54 Å². The van der Waals surface area contributed by atoms with Crippen LogP contribution >= 0.6 is 0 Å². The first-order valence-corrected chi connectivity index (χ1v) is 4.59. The average Bonchev–Trinajstić information content (AvgIpc) is 2.00. The van der Waals surface area contributed by atoms with Gasteiger partial charge in [0, 0.05) is 0 Å². The van der Waals surface area contributed by atoms with E-state index in [1.54, 1.807) is 0 Å². The van der Waals surface area contributed by atoms with Gasteiger partial charge in [-0.25, -0.2) is 0 Å². The lowest BCUT2D eigenvalue weighted by Crippen LogP contribution is -3.00. The van der Waals surface area contributed by atoms with Crippen LogP contribution in [0.4, 0.5) is 0 Å². The molecule has 0 heterocycles. The van der Waals surface area contributed by atoms with Gasteiger partial charge in [0.15, 0.2) is 0 Å². The van der Waals surface area contributed by atoms with Crippen LogP contribution in [0.5, 0.6) is 0 Å². The first-order chi connectivity index (χ1) is 5.10. The van der Waals surface area contributed by atoms with Gasteiger partial charge >= 0.3 is 0 Å². The molecule has 0 aliphatic heterocycles. The minimum atomic E-state index is 0. The first kappa shape index (κ1) is 14.5. The summed E-state index contributed by atoms with van der Waals surface area (Å²) in [6.45, 7) is 17.7. The highest BCUT2D eigenvalue weighted by molar-refractivity contribution is 4.87. The van der Waals surface area contributed by atoms with E-state index in [4.69, 9.17) is 0 Å². The van der Waals surface area contributed by atoms with Gasteiger partial charge in [0.2, 0.25) is 0 Å². The van der Waals surface area contributed by atoms with E-state index in [9.17, 15) is 0 Å². The van der Waals surface area contributed by atoms with Crippen molar-refractivity contribution in [2.24, 2.45) is 0 Å². The fourth-order valence-corrected chi connectivity index (χ4v) is 1.58. The summed E-state index contributed by atoms with van der Waals surface area (Å²) in [5, 5.41) is 0. The Kier molecular flexibility index (Phi) is 7.86. The lowest BCUT2D eigenvalue weighted by atomic mass is 10.2. The molecule has 0 atom stereocenters. The van der Waals surface area contributed by atoms with Crippen LogP contribution < -0.4 is 12.4 Å². The summed E-state index contributed by atoms with van der Waals surface area (Å²) in [6, 6.07) is 0. The molecule has 0 unspecified atom stereocenters. The van der Waals surface area contributed by atoms with Crippen molar-refractivity contribution in [1.29, 1.82) is 0 Å². The lowest BCUT2D eigenvalue weighted by molar-refractivity contribution is -0.918. The van der Waals surface area contributed by atoms with Gasteiger partial charge in [0.1, 0.15) is 0 Å². The number of rotatable bonds is 5. The van der Waals surface area contributed by atoms with Crippen molar-refractivity contribution in [2.45, 2.75) is 27.7 Å². The molecule has 0 radical (unpaired) electrons. The minimum absolute atomic E-state index is 0. The molecule has 1 nitrogen and oxygen atoms in total. The van der Waals surface area contributed by atoms with Gasteiger partial charge < -0.3 is 16.9 Å². The van der Waals surface area contributed by atoms with E-state index in [0.29, 0.717) is 0 Å². The average molecular weight is 192 g/mol. The smallest absolute Gasteiger partial charge is 0.0997 e. The summed E-state index contributed by atoms with van der Waals surface area (Å²) in [5.74, 6) is 0. The summed E-state index contributed by atoms with van der Waals surface area (Å²) >= 11 is 0. The minimum Gasteiger partial charge on any atom is -1.00 e. The van der Waals surface area contributed by atoms with Crippen molar-refractivity contribution in [2.75, 3.05) is 26.2 Å². The van der Waals surface area contributed by atoms with Crippen molar-refractivity contribution in [3.05, 3.63) is 12.2 Å². The summed E-state index contributed by atoms with van der Waals surface area (Å²) in [6.07, 6.45) is 0. The van der Waals surface area contributed by atoms with Gasteiger partial charge in [0.05, 0.1) is 26.2 Å². The number of halogens is 1. The third-order valence-corrected chi connectivity index (χ3v) is 2.62. The summed E-state index contributed by atoms with van der Waals surface area (Å²) in [4.78, 5) is 0. The molecule has 0 aliphatic rings. The van der Waals surface area contributed by atoms with Gasteiger partial charge in [-0.2, -0.15) is 0 Å². The van der Waals surface area contributed by atoms with Crippen molar-refractivity contribution in [1.82, 2.24) is 0 Å². The van der Waals surface area contributed by atoms with Crippen LogP contribution in [0, 0.1) is 0 Å². The molecule has 0 saturated carbocycles. The molecule has 0 N–H and O–H groups in total. The zero-order chi connectivity index (χ0) is 8.91. The third kappa shape index (κ3) is 4.13. The topological polar surface area (TPSA) is 0 Å². The Hall–Kier alpha value is -0.0100. The molecule has 0 spiro atoms. The molecule has 0 bridgehead atoms. The molecule has 0 fully saturated rings. The van der Waals surface area contributed by atoms with Gasteiger partial charge in [-0.1, -0.05) is 6.58 Å². The number of hydrogen-bond donors (Lipinski definition) is 0. The lowest BCUT2D eigenvalue weighted by Gasteiger charge is -2.35. The zero-order valence-electron chi connectivity index (χ0n) is 8.86. The van der Waals surface area contributed by atoms with Crippen LogP contribution in [0.1, 0.15) is 27.7 Å². The second kappa shape index (κ2) is 6.50. The van der Waals surface area contributed by atoms with Crippen LogP contribution in [0.3, 0.4) is 0 Å².